The maximum atomic E-state index is 13.8. The summed E-state index contributed by atoms with van der Waals surface area (Å²) in [6.45, 7) is 9.64. The third-order valence-electron chi connectivity index (χ3n) is 4.80. The van der Waals surface area contributed by atoms with Crippen molar-refractivity contribution in [2.24, 2.45) is 23.7 Å². The summed E-state index contributed by atoms with van der Waals surface area (Å²) < 4.78 is 46.4. The van der Waals surface area contributed by atoms with Gasteiger partial charge >= 0.3 is 18.2 Å². The first kappa shape index (κ1) is 23.0. The maximum Gasteiger partial charge on any atom is 0.416 e. The second-order valence-corrected chi connectivity index (χ2v) is 7.28. The van der Waals surface area contributed by atoms with Crippen molar-refractivity contribution in [2.45, 2.75) is 52.8 Å². The fourth-order valence-electron chi connectivity index (χ4n) is 3.42. The number of amides is 2. The van der Waals surface area contributed by atoms with E-state index in [4.69, 9.17) is 4.74 Å². The largest absolute Gasteiger partial charge is 0.481 e. The van der Waals surface area contributed by atoms with Crippen LogP contribution in [0, 0.1) is 23.7 Å². The lowest BCUT2D eigenvalue weighted by atomic mass is 9.76. The zero-order chi connectivity index (χ0) is 21.1. The van der Waals surface area contributed by atoms with Crippen molar-refractivity contribution in [1.82, 2.24) is 4.90 Å². The van der Waals surface area contributed by atoms with E-state index in [9.17, 15) is 32.7 Å². The van der Waals surface area contributed by atoms with E-state index >= 15 is 0 Å². The van der Waals surface area contributed by atoms with Gasteiger partial charge in [-0.3, -0.25) is 9.59 Å². The van der Waals surface area contributed by atoms with Gasteiger partial charge in [-0.25, -0.2) is 9.69 Å². The minimum atomic E-state index is -4.94. The molecule has 1 aliphatic heterocycles. The molecular formula is C18H26F3NO5. The monoisotopic (exact) mass is 393 g/mol. The molecule has 9 heteroatoms. The third-order valence-corrected chi connectivity index (χ3v) is 4.80. The van der Waals surface area contributed by atoms with Crippen LogP contribution in [0.25, 0.3) is 0 Å². The van der Waals surface area contributed by atoms with Crippen LogP contribution in [0.4, 0.5) is 18.0 Å². The number of hydrogen-bond donors (Lipinski definition) is 1. The van der Waals surface area contributed by atoms with Gasteiger partial charge in [-0.05, 0) is 25.7 Å². The van der Waals surface area contributed by atoms with Crippen LogP contribution in [-0.4, -0.2) is 46.8 Å². The molecule has 6 nitrogen and oxygen atoms in total. The van der Waals surface area contributed by atoms with Crippen LogP contribution in [0.2, 0.25) is 0 Å². The van der Waals surface area contributed by atoms with E-state index in [2.05, 4.69) is 6.58 Å². The van der Waals surface area contributed by atoms with Crippen LogP contribution in [0.1, 0.15) is 40.5 Å². The molecule has 1 fully saturated rings. The Hall–Kier alpha value is -2.06. The van der Waals surface area contributed by atoms with Crippen molar-refractivity contribution in [3.05, 3.63) is 12.2 Å². The van der Waals surface area contributed by atoms with Crippen LogP contribution < -0.4 is 0 Å². The topological polar surface area (TPSA) is 83.9 Å². The van der Waals surface area contributed by atoms with Gasteiger partial charge in [0.25, 0.3) is 0 Å². The van der Waals surface area contributed by atoms with Gasteiger partial charge in [-0.15, -0.1) is 6.58 Å². The molecule has 27 heavy (non-hydrogen) atoms. The molecule has 0 radical (unpaired) electrons. The SMILES string of the molecule is C=C(C)C[C@@H](C(=O)O)[C@H]([C@@H](CC)C(=O)N1C(=O)OC[C@@H]1C(C)C)C(F)(F)F. The number of carboxylic acid groups (broad SMARTS) is 1. The molecule has 1 heterocycles. The summed E-state index contributed by atoms with van der Waals surface area (Å²) in [6, 6.07) is -0.683. The number of allylic oxidation sites excluding steroid dienone is 1. The summed E-state index contributed by atoms with van der Waals surface area (Å²) in [5.41, 5.74) is 0.264. The Bertz CT molecular complexity index is 602. The first-order chi connectivity index (χ1) is 12.3. The molecule has 0 spiro atoms. The average molecular weight is 393 g/mol. The molecule has 0 bridgehead atoms. The van der Waals surface area contributed by atoms with E-state index in [-0.39, 0.29) is 24.5 Å². The van der Waals surface area contributed by atoms with Crippen molar-refractivity contribution in [1.29, 1.82) is 0 Å². The van der Waals surface area contributed by atoms with Gasteiger partial charge in [0.15, 0.2) is 0 Å². The molecule has 0 aromatic carbocycles. The van der Waals surface area contributed by atoms with E-state index in [1.165, 1.54) is 13.8 Å². The summed E-state index contributed by atoms with van der Waals surface area (Å²) >= 11 is 0. The third kappa shape index (κ3) is 5.23. The van der Waals surface area contributed by atoms with Gasteiger partial charge in [0.1, 0.15) is 6.61 Å². The Morgan fingerprint density at radius 3 is 2.26 bits per heavy atom. The number of aliphatic carboxylic acids is 1. The number of carbonyl (C=O) groups is 3. The van der Waals surface area contributed by atoms with E-state index < -0.39 is 54.4 Å². The molecular weight excluding hydrogens is 367 g/mol. The number of alkyl halides is 3. The van der Waals surface area contributed by atoms with Gasteiger partial charge in [0.05, 0.1) is 23.8 Å². The molecule has 0 unspecified atom stereocenters. The quantitative estimate of drug-likeness (QED) is 0.633. The standard InChI is InChI=1S/C18H26F3NO5/c1-6-11(15(23)22-13(10(4)5)8-27-17(22)26)14(18(19,20)21)12(16(24)25)7-9(2)3/h10-14H,2,6-8H2,1,3-5H3,(H,24,25)/t11-,12-,13-,14+/m1/s1. The summed E-state index contributed by atoms with van der Waals surface area (Å²) in [4.78, 5) is 37.2. The number of ether oxygens (including phenoxy) is 1. The Kier molecular flexibility index (Phi) is 7.45. The number of imide groups is 1. The van der Waals surface area contributed by atoms with Gasteiger partial charge in [-0.1, -0.05) is 26.3 Å². The Morgan fingerprint density at radius 1 is 1.33 bits per heavy atom. The lowest BCUT2D eigenvalue weighted by Gasteiger charge is -2.34. The Morgan fingerprint density at radius 2 is 1.89 bits per heavy atom. The molecule has 154 valence electrons. The van der Waals surface area contributed by atoms with Crippen molar-refractivity contribution < 1.29 is 37.4 Å². The number of rotatable bonds is 8. The zero-order valence-corrected chi connectivity index (χ0v) is 15.9. The molecule has 1 N–H and O–H groups in total. The highest BCUT2D eigenvalue weighted by atomic mass is 19.4. The molecule has 4 atom stereocenters. The zero-order valence-electron chi connectivity index (χ0n) is 15.9. The molecule has 0 aromatic rings. The summed E-state index contributed by atoms with van der Waals surface area (Å²) in [5, 5.41) is 9.38. The number of cyclic esters (lactones) is 1. The minimum absolute atomic E-state index is 0.0938. The van der Waals surface area contributed by atoms with E-state index in [0.29, 0.717) is 0 Å². The van der Waals surface area contributed by atoms with Crippen LogP contribution in [-0.2, 0) is 14.3 Å². The average Bonchev–Trinajstić information content (AvgIpc) is 2.90. The van der Waals surface area contributed by atoms with Crippen molar-refractivity contribution in [2.75, 3.05) is 6.61 Å². The van der Waals surface area contributed by atoms with E-state index in [0.717, 1.165) is 4.90 Å². The van der Waals surface area contributed by atoms with Crippen LogP contribution >= 0.6 is 0 Å². The summed E-state index contributed by atoms with van der Waals surface area (Å²) in [5.74, 6) is -8.94. The smallest absolute Gasteiger partial charge is 0.416 e. The number of halogens is 3. The van der Waals surface area contributed by atoms with Gasteiger partial charge in [-0.2, -0.15) is 13.2 Å². The fraction of sp³-hybridized carbons (Fsp3) is 0.722. The van der Waals surface area contributed by atoms with Crippen LogP contribution in [0.15, 0.2) is 12.2 Å². The van der Waals surface area contributed by atoms with Gasteiger partial charge in [0.2, 0.25) is 5.91 Å². The number of hydrogen-bond acceptors (Lipinski definition) is 4. The molecule has 1 aliphatic rings. The first-order valence-electron chi connectivity index (χ1n) is 8.76. The fourth-order valence-corrected chi connectivity index (χ4v) is 3.42. The highest BCUT2D eigenvalue weighted by molar-refractivity contribution is 5.95. The van der Waals surface area contributed by atoms with Gasteiger partial charge < -0.3 is 9.84 Å². The first-order valence-corrected chi connectivity index (χ1v) is 8.76. The molecule has 0 aromatic heterocycles. The van der Waals surface area contributed by atoms with Crippen molar-refractivity contribution in [3.63, 3.8) is 0 Å². The maximum absolute atomic E-state index is 13.8. The van der Waals surface area contributed by atoms with Crippen molar-refractivity contribution >= 4 is 18.0 Å². The lowest BCUT2D eigenvalue weighted by molar-refractivity contribution is -0.212. The minimum Gasteiger partial charge on any atom is -0.481 e. The Balaban J connectivity index is 3.36. The summed E-state index contributed by atoms with van der Waals surface area (Å²) in [7, 11) is 0. The number of carboxylic acids is 1. The number of nitrogens with zero attached hydrogens (tertiary/aromatic N) is 1. The molecule has 1 rings (SSSR count). The second kappa shape index (κ2) is 8.75. The highest BCUT2D eigenvalue weighted by Gasteiger charge is 2.55. The van der Waals surface area contributed by atoms with Crippen LogP contribution in [0.3, 0.4) is 0 Å². The normalized spacial score (nSPS) is 21.0. The predicted molar refractivity (Wildman–Crippen MR) is 90.7 cm³/mol. The second-order valence-electron chi connectivity index (χ2n) is 7.28. The van der Waals surface area contributed by atoms with E-state index in [1.54, 1.807) is 13.8 Å². The highest BCUT2D eigenvalue weighted by Crippen LogP contribution is 2.43. The molecule has 1 saturated heterocycles. The predicted octanol–water partition coefficient (Wildman–Crippen LogP) is 3.86. The number of carbonyl (C=O) groups excluding carboxylic acids is 2. The Labute approximate surface area is 156 Å². The van der Waals surface area contributed by atoms with Gasteiger partial charge in [0, 0.05) is 0 Å². The molecule has 2 amide bonds. The van der Waals surface area contributed by atoms with E-state index in [1.807, 2.05) is 0 Å². The molecule has 0 saturated carbocycles. The summed E-state index contributed by atoms with van der Waals surface area (Å²) in [6.07, 6.45) is -6.62. The van der Waals surface area contributed by atoms with Crippen LogP contribution in [0.5, 0.6) is 0 Å². The molecule has 0 aliphatic carbocycles. The van der Waals surface area contributed by atoms with Crippen molar-refractivity contribution in [3.8, 4) is 0 Å². The lowest BCUT2D eigenvalue weighted by Crippen LogP contribution is -2.51.